The van der Waals surface area contributed by atoms with Crippen molar-refractivity contribution >= 4 is 23.1 Å². The summed E-state index contributed by atoms with van der Waals surface area (Å²) in [5, 5.41) is 15.3. The Morgan fingerprint density at radius 1 is 1.00 bits per heavy atom. The van der Waals surface area contributed by atoms with Gasteiger partial charge in [0.25, 0.3) is 5.91 Å². The first kappa shape index (κ1) is 14.6. The Morgan fingerprint density at radius 3 is 2.33 bits per heavy atom. The van der Waals surface area contributed by atoms with E-state index in [1.807, 2.05) is 12.1 Å². The molecular weight excluding hydrogens is 268 g/mol. The molecule has 0 aliphatic rings. The number of rotatable bonds is 4. The zero-order valence-corrected chi connectivity index (χ0v) is 11.8. The summed E-state index contributed by atoms with van der Waals surface area (Å²) in [4.78, 5) is 23.5. The molecule has 0 aliphatic heterocycles. The Kier molecular flexibility index (Phi) is 4.23. The topological polar surface area (TPSA) is 78.4 Å². The van der Waals surface area contributed by atoms with Crippen molar-refractivity contribution in [3.63, 3.8) is 0 Å². The Hall–Kier alpha value is -2.82. The van der Waals surface area contributed by atoms with E-state index < -0.39 is 0 Å². The van der Waals surface area contributed by atoms with Crippen LogP contribution in [0.15, 0.2) is 42.5 Å². The summed E-state index contributed by atoms with van der Waals surface area (Å²) in [6, 6.07) is 11.3. The molecular formula is C16H16N2O3. The van der Waals surface area contributed by atoms with Crippen LogP contribution in [0.5, 0.6) is 5.75 Å². The molecule has 0 fully saturated rings. The van der Waals surface area contributed by atoms with Crippen molar-refractivity contribution in [2.24, 2.45) is 0 Å². The van der Waals surface area contributed by atoms with Crippen LogP contribution >= 0.6 is 0 Å². The van der Waals surface area contributed by atoms with Crippen LogP contribution in [0.4, 0.5) is 11.4 Å². The minimum Gasteiger partial charge on any atom is -0.508 e. The lowest BCUT2D eigenvalue weighted by atomic mass is 10.1. The highest BCUT2D eigenvalue weighted by Crippen LogP contribution is 2.19. The molecule has 0 spiro atoms. The summed E-state index contributed by atoms with van der Waals surface area (Å²) in [7, 11) is 1.79. The van der Waals surface area contributed by atoms with Gasteiger partial charge in [0.15, 0.2) is 5.78 Å². The number of ketones is 1. The Balaban J connectivity index is 2.25. The molecule has 0 unspecified atom stereocenters. The van der Waals surface area contributed by atoms with Crippen LogP contribution in [0.2, 0.25) is 0 Å². The largest absolute Gasteiger partial charge is 0.508 e. The van der Waals surface area contributed by atoms with Crippen molar-refractivity contribution in [1.82, 2.24) is 0 Å². The minimum absolute atomic E-state index is 0.114. The number of Topliss-reactive ketones (excluding diaryl/α,β-unsaturated/α-hetero) is 1. The van der Waals surface area contributed by atoms with E-state index in [4.69, 9.17) is 0 Å². The zero-order chi connectivity index (χ0) is 15.4. The molecule has 0 heterocycles. The Labute approximate surface area is 122 Å². The van der Waals surface area contributed by atoms with Crippen LogP contribution < -0.4 is 10.6 Å². The van der Waals surface area contributed by atoms with Crippen LogP contribution in [-0.4, -0.2) is 23.8 Å². The lowest BCUT2D eigenvalue weighted by Crippen LogP contribution is -2.12. The summed E-state index contributed by atoms with van der Waals surface area (Å²) in [5.41, 5.74) is 2.02. The predicted molar refractivity (Wildman–Crippen MR) is 82.1 cm³/mol. The van der Waals surface area contributed by atoms with Gasteiger partial charge in [0.2, 0.25) is 0 Å². The van der Waals surface area contributed by atoms with Crippen LogP contribution in [0.25, 0.3) is 0 Å². The average Bonchev–Trinajstić information content (AvgIpc) is 2.46. The Morgan fingerprint density at radius 2 is 1.67 bits per heavy atom. The summed E-state index contributed by atoms with van der Waals surface area (Å²) < 4.78 is 0. The van der Waals surface area contributed by atoms with E-state index in [-0.39, 0.29) is 23.0 Å². The molecule has 0 atom stereocenters. The summed E-state index contributed by atoms with van der Waals surface area (Å²) in [6.07, 6.45) is 0. The number of anilines is 2. The van der Waals surface area contributed by atoms with Crippen molar-refractivity contribution in [1.29, 1.82) is 0 Å². The third kappa shape index (κ3) is 3.60. The number of hydrogen-bond acceptors (Lipinski definition) is 4. The molecule has 0 aromatic heterocycles. The van der Waals surface area contributed by atoms with Gasteiger partial charge in [-0.2, -0.15) is 0 Å². The Bertz CT molecular complexity index is 696. The molecule has 0 saturated carbocycles. The van der Waals surface area contributed by atoms with Crippen molar-refractivity contribution < 1.29 is 14.7 Å². The smallest absolute Gasteiger partial charge is 0.255 e. The van der Waals surface area contributed by atoms with Gasteiger partial charge in [-0.15, -0.1) is 0 Å². The fourth-order valence-electron chi connectivity index (χ4n) is 1.90. The van der Waals surface area contributed by atoms with Gasteiger partial charge in [-0.3, -0.25) is 9.59 Å². The van der Waals surface area contributed by atoms with Crippen LogP contribution in [0.1, 0.15) is 27.6 Å². The van der Waals surface area contributed by atoms with Crippen molar-refractivity contribution in [2.45, 2.75) is 6.92 Å². The molecule has 3 N–H and O–H groups in total. The van der Waals surface area contributed by atoms with Crippen molar-refractivity contribution in [3.8, 4) is 5.75 Å². The summed E-state index contributed by atoms with van der Waals surface area (Å²) >= 11 is 0. The van der Waals surface area contributed by atoms with E-state index in [1.54, 1.807) is 19.2 Å². The monoisotopic (exact) mass is 284 g/mol. The first-order valence-electron chi connectivity index (χ1n) is 6.44. The van der Waals surface area contributed by atoms with E-state index in [0.717, 1.165) is 5.69 Å². The number of carbonyl (C=O) groups excluding carboxylic acids is 2. The van der Waals surface area contributed by atoms with Gasteiger partial charge in [-0.1, -0.05) is 6.07 Å². The second-order valence-corrected chi connectivity index (χ2v) is 4.61. The zero-order valence-electron chi connectivity index (χ0n) is 11.8. The minimum atomic E-state index is -0.387. The third-order valence-electron chi connectivity index (χ3n) is 3.00. The molecule has 5 heteroatoms. The number of phenolic OH excluding ortho intramolecular Hbond substituents is 1. The van der Waals surface area contributed by atoms with E-state index in [9.17, 15) is 14.7 Å². The lowest BCUT2D eigenvalue weighted by molar-refractivity contribution is 0.101. The first-order chi connectivity index (χ1) is 9.99. The quantitative estimate of drug-likeness (QED) is 0.754. The highest BCUT2D eigenvalue weighted by molar-refractivity contribution is 6.06. The van der Waals surface area contributed by atoms with Gasteiger partial charge in [0, 0.05) is 29.5 Å². The molecule has 0 bridgehead atoms. The van der Waals surface area contributed by atoms with Gasteiger partial charge < -0.3 is 15.7 Å². The lowest BCUT2D eigenvalue weighted by Gasteiger charge is -2.08. The first-order valence-corrected chi connectivity index (χ1v) is 6.44. The molecule has 5 nitrogen and oxygen atoms in total. The number of benzene rings is 2. The van der Waals surface area contributed by atoms with Crippen molar-refractivity contribution in [2.75, 3.05) is 17.7 Å². The third-order valence-corrected chi connectivity index (χ3v) is 3.00. The number of phenols is 1. The number of amides is 1. The van der Waals surface area contributed by atoms with E-state index in [2.05, 4.69) is 10.6 Å². The highest BCUT2D eigenvalue weighted by Gasteiger charge is 2.11. The second kappa shape index (κ2) is 6.09. The molecule has 2 aromatic carbocycles. The van der Waals surface area contributed by atoms with E-state index in [0.29, 0.717) is 11.3 Å². The van der Waals surface area contributed by atoms with Gasteiger partial charge in [-0.25, -0.2) is 0 Å². The van der Waals surface area contributed by atoms with Crippen LogP contribution in [-0.2, 0) is 0 Å². The average molecular weight is 284 g/mol. The van der Waals surface area contributed by atoms with Crippen LogP contribution in [0, 0.1) is 0 Å². The van der Waals surface area contributed by atoms with Gasteiger partial charge in [0.1, 0.15) is 5.75 Å². The summed E-state index contributed by atoms with van der Waals surface area (Å²) in [5.74, 6) is -0.712. The van der Waals surface area contributed by atoms with Gasteiger partial charge in [0.05, 0.1) is 0 Å². The number of carbonyl (C=O) groups is 2. The fraction of sp³-hybridized carbons (Fsp3) is 0.125. The normalized spacial score (nSPS) is 10.0. The standard InChI is InChI=1S/C16H16N2O3/c1-10(19)11-6-12(8-15(20)7-11)16(21)18-14-5-3-4-13(9-14)17-2/h3-9,17,20H,1-2H3,(H,18,21). The van der Waals surface area contributed by atoms with Gasteiger partial charge >= 0.3 is 0 Å². The maximum absolute atomic E-state index is 12.2. The SMILES string of the molecule is CNc1cccc(NC(=O)c2cc(O)cc(C(C)=O)c2)c1. The second-order valence-electron chi connectivity index (χ2n) is 4.61. The van der Waals surface area contributed by atoms with Crippen LogP contribution in [0.3, 0.4) is 0 Å². The molecule has 0 saturated heterocycles. The molecule has 0 aliphatic carbocycles. The summed E-state index contributed by atoms with van der Waals surface area (Å²) in [6.45, 7) is 1.38. The predicted octanol–water partition coefficient (Wildman–Crippen LogP) is 2.89. The number of hydrogen-bond donors (Lipinski definition) is 3. The molecule has 0 radical (unpaired) electrons. The van der Waals surface area contributed by atoms with Gasteiger partial charge in [-0.05, 0) is 43.3 Å². The molecule has 2 rings (SSSR count). The number of aromatic hydroxyl groups is 1. The highest BCUT2D eigenvalue weighted by atomic mass is 16.3. The fourth-order valence-corrected chi connectivity index (χ4v) is 1.90. The molecule has 1 amide bonds. The van der Waals surface area contributed by atoms with Crippen molar-refractivity contribution in [3.05, 3.63) is 53.6 Å². The van der Waals surface area contributed by atoms with E-state index >= 15 is 0 Å². The maximum Gasteiger partial charge on any atom is 0.255 e. The molecule has 2 aromatic rings. The number of nitrogens with one attached hydrogen (secondary N) is 2. The maximum atomic E-state index is 12.2. The van der Waals surface area contributed by atoms with E-state index in [1.165, 1.54) is 25.1 Å². The molecule has 21 heavy (non-hydrogen) atoms. The molecule has 108 valence electrons.